The molecule has 13 heavy (non-hydrogen) atoms. The molecule has 0 aliphatic carbocycles. The highest BCUT2D eigenvalue weighted by Gasteiger charge is 2.02. The number of hydrogen-bond acceptors (Lipinski definition) is 3. The Bertz CT molecular complexity index is 184. The van der Waals surface area contributed by atoms with Gasteiger partial charge in [-0.3, -0.25) is 9.59 Å². The summed E-state index contributed by atoms with van der Waals surface area (Å²) >= 11 is 0. The van der Waals surface area contributed by atoms with E-state index in [1.807, 2.05) is 0 Å². The SMILES string of the molecule is C=CCC(=O)COCC(=O)CC=C. The maximum atomic E-state index is 10.9. The summed E-state index contributed by atoms with van der Waals surface area (Å²) in [6.07, 6.45) is 3.60. The Morgan fingerprint density at radius 2 is 1.38 bits per heavy atom. The predicted molar refractivity (Wildman–Crippen MR) is 50.5 cm³/mol. The number of carbonyl (C=O) groups is 2. The summed E-state index contributed by atoms with van der Waals surface area (Å²) in [7, 11) is 0. The normalized spacial score (nSPS) is 9.23. The van der Waals surface area contributed by atoms with Crippen LogP contribution in [0.15, 0.2) is 25.3 Å². The Morgan fingerprint density at radius 3 is 1.69 bits per heavy atom. The van der Waals surface area contributed by atoms with E-state index in [-0.39, 0.29) is 37.6 Å². The number of carbonyl (C=O) groups excluding carboxylic acids is 2. The van der Waals surface area contributed by atoms with Crippen LogP contribution in [0.1, 0.15) is 12.8 Å². The van der Waals surface area contributed by atoms with Gasteiger partial charge in [0.25, 0.3) is 0 Å². The summed E-state index contributed by atoms with van der Waals surface area (Å²) in [6.45, 7) is 6.80. The van der Waals surface area contributed by atoms with E-state index >= 15 is 0 Å². The molecular formula is C10H14O3. The molecule has 0 fully saturated rings. The molecule has 0 radical (unpaired) electrons. The quantitative estimate of drug-likeness (QED) is 0.531. The summed E-state index contributed by atoms with van der Waals surface area (Å²) in [5.74, 6) is -0.136. The molecule has 0 aliphatic heterocycles. The van der Waals surface area contributed by atoms with Crippen LogP contribution in [0.4, 0.5) is 0 Å². The van der Waals surface area contributed by atoms with E-state index in [0.29, 0.717) is 0 Å². The molecule has 0 aromatic heterocycles. The average Bonchev–Trinajstić information content (AvgIpc) is 2.05. The molecule has 0 aliphatic rings. The van der Waals surface area contributed by atoms with E-state index in [9.17, 15) is 9.59 Å². The molecule has 0 N–H and O–H groups in total. The molecule has 3 heteroatoms. The van der Waals surface area contributed by atoms with Gasteiger partial charge in [-0.25, -0.2) is 0 Å². The van der Waals surface area contributed by atoms with Crippen LogP contribution in [0.2, 0.25) is 0 Å². The van der Waals surface area contributed by atoms with Crippen LogP contribution in [0, 0.1) is 0 Å². The van der Waals surface area contributed by atoms with Crippen molar-refractivity contribution in [1.29, 1.82) is 0 Å². The zero-order valence-electron chi connectivity index (χ0n) is 7.62. The lowest BCUT2D eigenvalue weighted by Gasteiger charge is -1.99. The fourth-order valence-corrected chi connectivity index (χ4v) is 0.719. The second-order valence-corrected chi connectivity index (χ2v) is 2.56. The highest BCUT2D eigenvalue weighted by Crippen LogP contribution is 1.89. The first-order valence-electron chi connectivity index (χ1n) is 4.03. The summed E-state index contributed by atoms with van der Waals surface area (Å²) in [4.78, 5) is 21.7. The van der Waals surface area contributed by atoms with Crippen molar-refractivity contribution < 1.29 is 14.3 Å². The number of ketones is 2. The van der Waals surface area contributed by atoms with E-state index in [1.165, 1.54) is 12.2 Å². The van der Waals surface area contributed by atoms with Crippen molar-refractivity contribution in [1.82, 2.24) is 0 Å². The lowest BCUT2D eigenvalue weighted by atomic mass is 10.3. The molecule has 0 saturated heterocycles. The third kappa shape index (κ3) is 7.15. The van der Waals surface area contributed by atoms with Gasteiger partial charge >= 0.3 is 0 Å². The number of allylic oxidation sites excluding steroid dienone is 2. The van der Waals surface area contributed by atoms with Gasteiger partial charge in [-0.05, 0) is 0 Å². The molecule has 0 saturated carbocycles. The molecule has 3 nitrogen and oxygen atoms in total. The highest BCUT2D eigenvalue weighted by molar-refractivity contribution is 5.83. The van der Waals surface area contributed by atoms with Crippen molar-refractivity contribution in [2.75, 3.05) is 13.2 Å². The minimum Gasteiger partial charge on any atom is -0.366 e. The molecular weight excluding hydrogens is 168 g/mol. The number of ether oxygens (including phenoxy) is 1. The fourth-order valence-electron chi connectivity index (χ4n) is 0.719. The predicted octanol–water partition coefficient (Wildman–Crippen LogP) is 1.29. The largest absolute Gasteiger partial charge is 0.366 e. The van der Waals surface area contributed by atoms with Crippen molar-refractivity contribution >= 4 is 11.6 Å². The number of hydrogen-bond donors (Lipinski definition) is 0. The minimum atomic E-state index is -0.0681. The van der Waals surface area contributed by atoms with Gasteiger partial charge in [0.05, 0.1) is 0 Å². The molecule has 0 rings (SSSR count). The highest BCUT2D eigenvalue weighted by atomic mass is 16.5. The summed E-state index contributed by atoms with van der Waals surface area (Å²) in [5.41, 5.74) is 0. The lowest BCUT2D eigenvalue weighted by molar-refractivity contribution is -0.127. The Hall–Kier alpha value is -1.22. The molecule has 0 aromatic rings. The number of rotatable bonds is 8. The molecule has 0 atom stereocenters. The Labute approximate surface area is 78.1 Å². The monoisotopic (exact) mass is 182 g/mol. The topological polar surface area (TPSA) is 43.4 Å². The molecule has 0 unspecified atom stereocenters. The fraction of sp³-hybridized carbons (Fsp3) is 0.400. The number of Topliss-reactive ketones (excluding diaryl/α,β-unsaturated/α-hetero) is 2. The van der Waals surface area contributed by atoms with E-state index in [4.69, 9.17) is 4.74 Å². The van der Waals surface area contributed by atoms with Crippen molar-refractivity contribution in [3.63, 3.8) is 0 Å². The maximum absolute atomic E-state index is 10.9. The van der Waals surface area contributed by atoms with Gasteiger partial charge in [0.15, 0.2) is 11.6 Å². The van der Waals surface area contributed by atoms with Gasteiger partial charge in [0.2, 0.25) is 0 Å². The van der Waals surface area contributed by atoms with Crippen LogP contribution in [-0.4, -0.2) is 24.8 Å². The first kappa shape index (κ1) is 11.8. The minimum absolute atomic E-state index is 0.0189. The average molecular weight is 182 g/mol. The Balaban J connectivity index is 3.43. The summed E-state index contributed by atoms with van der Waals surface area (Å²) < 4.78 is 4.87. The second-order valence-electron chi connectivity index (χ2n) is 2.56. The van der Waals surface area contributed by atoms with Gasteiger partial charge in [-0.1, -0.05) is 12.2 Å². The van der Waals surface area contributed by atoms with Crippen LogP contribution < -0.4 is 0 Å². The molecule has 72 valence electrons. The Morgan fingerprint density at radius 1 is 1.00 bits per heavy atom. The summed E-state index contributed by atoms with van der Waals surface area (Å²) in [5, 5.41) is 0. The first-order valence-corrected chi connectivity index (χ1v) is 4.03. The second kappa shape index (κ2) is 7.43. The Kier molecular flexibility index (Phi) is 6.73. The van der Waals surface area contributed by atoms with Crippen LogP contribution in [0.25, 0.3) is 0 Å². The molecule has 0 spiro atoms. The van der Waals surface area contributed by atoms with Crippen LogP contribution in [0.5, 0.6) is 0 Å². The van der Waals surface area contributed by atoms with E-state index < -0.39 is 0 Å². The van der Waals surface area contributed by atoms with Crippen LogP contribution in [0.3, 0.4) is 0 Å². The standard InChI is InChI=1S/C10H14O3/c1-3-5-9(11)7-13-8-10(12)6-4-2/h3-4H,1-2,5-8H2. The van der Waals surface area contributed by atoms with Crippen molar-refractivity contribution in [3.05, 3.63) is 25.3 Å². The van der Waals surface area contributed by atoms with E-state index in [1.54, 1.807) is 0 Å². The van der Waals surface area contributed by atoms with Crippen molar-refractivity contribution in [2.45, 2.75) is 12.8 Å². The third-order valence-electron chi connectivity index (χ3n) is 1.27. The van der Waals surface area contributed by atoms with E-state index in [0.717, 1.165) is 0 Å². The smallest absolute Gasteiger partial charge is 0.162 e. The zero-order chi connectivity index (χ0) is 10.1. The van der Waals surface area contributed by atoms with E-state index in [2.05, 4.69) is 13.2 Å². The molecule has 0 amide bonds. The zero-order valence-corrected chi connectivity index (χ0v) is 7.62. The van der Waals surface area contributed by atoms with Gasteiger partial charge in [0, 0.05) is 12.8 Å². The molecule has 0 heterocycles. The summed E-state index contributed by atoms with van der Waals surface area (Å²) in [6, 6.07) is 0. The van der Waals surface area contributed by atoms with Crippen LogP contribution in [-0.2, 0) is 14.3 Å². The first-order chi connectivity index (χ1) is 6.20. The van der Waals surface area contributed by atoms with Crippen molar-refractivity contribution in [3.8, 4) is 0 Å². The molecule has 0 aromatic carbocycles. The maximum Gasteiger partial charge on any atom is 0.162 e. The van der Waals surface area contributed by atoms with Gasteiger partial charge in [-0.2, -0.15) is 0 Å². The van der Waals surface area contributed by atoms with Gasteiger partial charge in [0.1, 0.15) is 13.2 Å². The van der Waals surface area contributed by atoms with Gasteiger partial charge < -0.3 is 4.74 Å². The third-order valence-corrected chi connectivity index (χ3v) is 1.27. The van der Waals surface area contributed by atoms with Crippen molar-refractivity contribution in [2.24, 2.45) is 0 Å². The van der Waals surface area contributed by atoms with Gasteiger partial charge in [-0.15, -0.1) is 13.2 Å². The molecule has 0 bridgehead atoms. The lowest BCUT2D eigenvalue weighted by Crippen LogP contribution is -2.13. The van der Waals surface area contributed by atoms with Crippen LogP contribution >= 0.6 is 0 Å².